The molecule has 0 saturated carbocycles. The van der Waals surface area contributed by atoms with Gasteiger partial charge in [0.15, 0.2) is 0 Å². The van der Waals surface area contributed by atoms with E-state index in [1.165, 1.54) is 0 Å². The first-order valence-corrected chi connectivity index (χ1v) is 10.3. The Morgan fingerprint density at radius 1 is 1.10 bits per heavy atom. The van der Waals surface area contributed by atoms with Gasteiger partial charge in [0.25, 0.3) is 0 Å². The highest BCUT2D eigenvalue weighted by Crippen LogP contribution is 2.14. The van der Waals surface area contributed by atoms with E-state index in [0.29, 0.717) is 24.9 Å². The molecule has 1 fully saturated rings. The van der Waals surface area contributed by atoms with Crippen LogP contribution < -0.4 is 10.5 Å². The molecule has 1 aliphatic rings. The van der Waals surface area contributed by atoms with Crippen molar-refractivity contribution in [3.8, 4) is 0 Å². The van der Waals surface area contributed by atoms with Gasteiger partial charge in [0.1, 0.15) is 9.84 Å². The number of hydrogen-bond donors (Lipinski definition) is 2. The van der Waals surface area contributed by atoms with Crippen LogP contribution in [0.5, 0.6) is 0 Å². The number of nitrogens with one attached hydrogen (secondary N) is 1. The van der Waals surface area contributed by atoms with Gasteiger partial charge in [-0.05, 0) is 24.0 Å². The maximum atomic E-state index is 12.1. The van der Waals surface area contributed by atoms with Gasteiger partial charge in [-0.1, -0.05) is 24.3 Å². The normalized spacial score (nSPS) is 19.5. The summed E-state index contributed by atoms with van der Waals surface area (Å²) < 4.78 is 49.4. The number of sulfonamides is 1. The lowest BCUT2D eigenvalue weighted by molar-refractivity contribution is 0.505. The Balaban J connectivity index is 1.95. The molecule has 6 nitrogen and oxygen atoms in total. The lowest BCUT2D eigenvalue weighted by Gasteiger charge is -2.22. The Hall–Kier alpha value is -0.960. The van der Waals surface area contributed by atoms with E-state index < -0.39 is 19.9 Å². The van der Waals surface area contributed by atoms with Gasteiger partial charge >= 0.3 is 0 Å². The molecule has 0 unspecified atom stereocenters. The van der Waals surface area contributed by atoms with Gasteiger partial charge in [-0.3, -0.25) is 0 Å². The predicted molar refractivity (Wildman–Crippen MR) is 81.8 cm³/mol. The minimum absolute atomic E-state index is 0.0470. The molecule has 118 valence electrons. The second-order valence-electron chi connectivity index (χ2n) is 5.32. The van der Waals surface area contributed by atoms with Crippen molar-refractivity contribution in [1.82, 2.24) is 4.72 Å². The minimum atomic E-state index is -3.47. The van der Waals surface area contributed by atoms with Crippen molar-refractivity contribution in [3.05, 3.63) is 35.4 Å². The predicted octanol–water partition coefficient (Wildman–Crippen LogP) is 0.142. The molecular weight excluding hydrogens is 312 g/mol. The lowest BCUT2D eigenvalue weighted by atomic mass is 10.1. The van der Waals surface area contributed by atoms with Crippen molar-refractivity contribution in [2.24, 2.45) is 5.73 Å². The largest absolute Gasteiger partial charge is 0.326 e. The number of rotatable bonds is 5. The molecule has 1 saturated heterocycles. The summed E-state index contributed by atoms with van der Waals surface area (Å²) in [7, 11) is -6.45. The third-order valence-corrected chi connectivity index (χ3v) is 6.64. The highest BCUT2D eigenvalue weighted by atomic mass is 32.2. The van der Waals surface area contributed by atoms with E-state index in [0.717, 1.165) is 5.56 Å². The summed E-state index contributed by atoms with van der Waals surface area (Å²) in [5, 5.41) is 0. The third kappa shape index (κ3) is 5.06. The molecule has 1 aromatic rings. The zero-order chi connectivity index (χ0) is 15.5. The smallest absolute Gasteiger partial charge is 0.216 e. The summed E-state index contributed by atoms with van der Waals surface area (Å²) in [6, 6.07) is 6.80. The van der Waals surface area contributed by atoms with Gasteiger partial charge in [-0.2, -0.15) is 0 Å². The van der Waals surface area contributed by atoms with Crippen LogP contribution in [0.4, 0.5) is 0 Å². The second kappa shape index (κ2) is 6.43. The van der Waals surface area contributed by atoms with Crippen LogP contribution in [0.1, 0.15) is 24.0 Å². The van der Waals surface area contributed by atoms with Crippen LogP contribution in [-0.2, 0) is 32.2 Å². The van der Waals surface area contributed by atoms with Crippen LogP contribution >= 0.6 is 0 Å². The van der Waals surface area contributed by atoms with E-state index in [1.807, 2.05) is 0 Å². The van der Waals surface area contributed by atoms with Gasteiger partial charge in [-0.15, -0.1) is 0 Å². The second-order valence-corrected chi connectivity index (χ2v) is 9.38. The van der Waals surface area contributed by atoms with Crippen molar-refractivity contribution in [1.29, 1.82) is 0 Å². The molecule has 0 radical (unpaired) electrons. The van der Waals surface area contributed by atoms with E-state index in [-0.39, 0.29) is 23.3 Å². The molecule has 0 bridgehead atoms. The molecule has 1 aliphatic heterocycles. The standard InChI is InChI=1S/C13H20N2O4S2/c14-9-11-1-3-12(4-2-11)10-21(18,19)15-13-5-7-20(16,17)8-6-13/h1-4,13,15H,5-10,14H2. The average Bonchev–Trinajstić information content (AvgIpc) is 2.41. The molecule has 21 heavy (non-hydrogen) atoms. The van der Waals surface area contributed by atoms with E-state index in [4.69, 9.17) is 5.73 Å². The van der Waals surface area contributed by atoms with Gasteiger partial charge in [0, 0.05) is 12.6 Å². The van der Waals surface area contributed by atoms with Gasteiger partial charge < -0.3 is 5.73 Å². The quantitative estimate of drug-likeness (QED) is 0.798. The Labute approximate surface area is 125 Å². The molecule has 0 atom stereocenters. The Kier molecular flexibility index (Phi) is 5.03. The zero-order valence-electron chi connectivity index (χ0n) is 11.7. The lowest BCUT2D eigenvalue weighted by Crippen LogP contribution is -2.41. The van der Waals surface area contributed by atoms with Gasteiger partial charge in [0.2, 0.25) is 10.0 Å². The van der Waals surface area contributed by atoms with Crippen molar-refractivity contribution in [2.45, 2.75) is 31.2 Å². The van der Waals surface area contributed by atoms with E-state index in [1.54, 1.807) is 24.3 Å². The summed E-state index contributed by atoms with van der Waals surface area (Å²) in [6.07, 6.45) is 0.682. The number of benzene rings is 1. The van der Waals surface area contributed by atoms with Crippen molar-refractivity contribution in [2.75, 3.05) is 11.5 Å². The highest BCUT2D eigenvalue weighted by Gasteiger charge is 2.26. The molecule has 1 aromatic carbocycles. The molecule has 0 spiro atoms. The van der Waals surface area contributed by atoms with Gasteiger partial charge in [0.05, 0.1) is 17.3 Å². The fourth-order valence-corrected chi connectivity index (χ4v) is 5.24. The maximum absolute atomic E-state index is 12.1. The molecule has 1 heterocycles. The average molecular weight is 332 g/mol. The SMILES string of the molecule is NCc1ccc(CS(=O)(=O)NC2CCS(=O)(=O)CC2)cc1. The van der Waals surface area contributed by atoms with Crippen molar-refractivity contribution in [3.63, 3.8) is 0 Å². The Bertz CT molecular complexity index is 667. The molecule has 0 amide bonds. The molecule has 3 N–H and O–H groups in total. The van der Waals surface area contributed by atoms with E-state index >= 15 is 0 Å². The van der Waals surface area contributed by atoms with Crippen molar-refractivity contribution >= 4 is 19.9 Å². The van der Waals surface area contributed by atoms with E-state index in [2.05, 4.69) is 4.72 Å². The third-order valence-electron chi connectivity index (χ3n) is 3.52. The fraction of sp³-hybridized carbons (Fsp3) is 0.538. The summed E-state index contributed by atoms with van der Waals surface area (Å²) in [4.78, 5) is 0. The summed E-state index contributed by atoms with van der Waals surface area (Å²) >= 11 is 0. The Morgan fingerprint density at radius 2 is 1.62 bits per heavy atom. The number of sulfone groups is 1. The summed E-state index contributed by atoms with van der Waals surface area (Å²) in [5.74, 6) is -0.0160. The molecule has 0 aliphatic carbocycles. The van der Waals surface area contributed by atoms with Gasteiger partial charge in [-0.25, -0.2) is 21.6 Å². The molecule has 8 heteroatoms. The summed E-state index contributed by atoms with van der Waals surface area (Å²) in [6.45, 7) is 0.418. The molecular formula is C13H20N2O4S2. The zero-order valence-corrected chi connectivity index (χ0v) is 13.3. The monoisotopic (exact) mass is 332 g/mol. The number of hydrogen-bond acceptors (Lipinski definition) is 5. The molecule has 0 aromatic heterocycles. The van der Waals surface area contributed by atoms with Crippen LogP contribution in [0.15, 0.2) is 24.3 Å². The first kappa shape index (κ1) is 16.4. The maximum Gasteiger partial charge on any atom is 0.216 e. The van der Waals surface area contributed by atoms with Crippen molar-refractivity contribution < 1.29 is 16.8 Å². The fourth-order valence-electron chi connectivity index (χ4n) is 2.29. The van der Waals surface area contributed by atoms with Crippen LogP contribution in [0.25, 0.3) is 0 Å². The van der Waals surface area contributed by atoms with E-state index in [9.17, 15) is 16.8 Å². The first-order chi connectivity index (χ1) is 9.80. The topological polar surface area (TPSA) is 106 Å². The van der Waals surface area contributed by atoms with Crippen LogP contribution in [0.3, 0.4) is 0 Å². The highest BCUT2D eigenvalue weighted by molar-refractivity contribution is 7.91. The van der Waals surface area contributed by atoms with Crippen LogP contribution in [-0.4, -0.2) is 34.4 Å². The Morgan fingerprint density at radius 3 is 2.14 bits per heavy atom. The minimum Gasteiger partial charge on any atom is -0.326 e. The first-order valence-electron chi connectivity index (χ1n) is 6.78. The molecule has 2 rings (SSSR count). The number of nitrogens with two attached hydrogens (primary N) is 1. The summed E-state index contributed by atoms with van der Waals surface area (Å²) in [5.41, 5.74) is 7.12. The van der Waals surface area contributed by atoms with Crippen LogP contribution in [0.2, 0.25) is 0 Å². The van der Waals surface area contributed by atoms with Crippen LogP contribution in [0, 0.1) is 0 Å².